The number of amides is 2. The zero-order chi connectivity index (χ0) is 22.9. The molecule has 4 heterocycles. The van der Waals surface area contributed by atoms with Gasteiger partial charge in [-0.05, 0) is 44.2 Å². The molecule has 1 aromatic carbocycles. The average Bonchev–Trinajstić information content (AvgIpc) is 3.40. The second-order valence-electron chi connectivity index (χ2n) is 8.64. The van der Waals surface area contributed by atoms with Gasteiger partial charge in [0.25, 0.3) is 0 Å². The van der Waals surface area contributed by atoms with Gasteiger partial charge in [-0.3, -0.25) is 9.59 Å². The summed E-state index contributed by atoms with van der Waals surface area (Å²) in [6.45, 7) is 6.97. The molecule has 1 unspecified atom stereocenters. The van der Waals surface area contributed by atoms with Crippen molar-refractivity contribution in [3.63, 3.8) is 0 Å². The van der Waals surface area contributed by atoms with Gasteiger partial charge in [-0.25, -0.2) is 4.68 Å². The first-order valence-electron chi connectivity index (χ1n) is 11.3. The lowest BCUT2D eigenvalue weighted by atomic mass is 10.1. The quantitative estimate of drug-likeness (QED) is 0.610. The van der Waals surface area contributed by atoms with E-state index < -0.39 is 0 Å². The number of rotatable bonds is 4. The number of aryl methyl sites for hydroxylation is 2. The SMILES string of the molecule is Cc1cc(C)n(-c2ccc(N3CCN(C(=O)C4CC(=O)N(c5ccccc5)C4)CC3)nn2)n1. The molecule has 2 saturated heterocycles. The Bertz CT molecular complexity index is 1150. The van der Waals surface area contributed by atoms with Crippen LogP contribution in [0.15, 0.2) is 48.5 Å². The van der Waals surface area contributed by atoms with E-state index in [0.717, 1.165) is 22.9 Å². The minimum atomic E-state index is -0.288. The first-order valence-corrected chi connectivity index (χ1v) is 11.3. The third kappa shape index (κ3) is 4.18. The summed E-state index contributed by atoms with van der Waals surface area (Å²) >= 11 is 0. The maximum absolute atomic E-state index is 13.1. The largest absolute Gasteiger partial charge is 0.352 e. The molecule has 2 amide bonds. The van der Waals surface area contributed by atoms with Crippen LogP contribution in [0.25, 0.3) is 5.82 Å². The van der Waals surface area contributed by atoms with Gasteiger partial charge in [0.15, 0.2) is 11.6 Å². The molecule has 170 valence electrons. The first kappa shape index (κ1) is 21.1. The molecule has 2 aliphatic heterocycles. The summed E-state index contributed by atoms with van der Waals surface area (Å²) in [6.07, 6.45) is 0.271. The van der Waals surface area contributed by atoms with Crippen LogP contribution in [0.5, 0.6) is 0 Å². The van der Waals surface area contributed by atoms with Crippen molar-refractivity contribution in [2.45, 2.75) is 20.3 Å². The normalized spacial score (nSPS) is 18.8. The minimum absolute atomic E-state index is 0.0103. The molecule has 0 N–H and O–H groups in total. The van der Waals surface area contributed by atoms with Crippen LogP contribution in [0.1, 0.15) is 17.8 Å². The maximum Gasteiger partial charge on any atom is 0.228 e. The summed E-state index contributed by atoms with van der Waals surface area (Å²) < 4.78 is 1.78. The average molecular weight is 446 g/mol. The Balaban J connectivity index is 1.18. The van der Waals surface area contributed by atoms with E-state index in [4.69, 9.17) is 0 Å². The van der Waals surface area contributed by atoms with E-state index in [1.54, 1.807) is 9.58 Å². The molecule has 9 nitrogen and oxygen atoms in total. The van der Waals surface area contributed by atoms with E-state index in [9.17, 15) is 9.59 Å². The first-order chi connectivity index (χ1) is 16.0. The summed E-state index contributed by atoms with van der Waals surface area (Å²) in [4.78, 5) is 31.3. The monoisotopic (exact) mass is 445 g/mol. The maximum atomic E-state index is 13.1. The highest BCUT2D eigenvalue weighted by Gasteiger charge is 2.38. The summed E-state index contributed by atoms with van der Waals surface area (Å²) in [7, 11) is 0. The molecule has 0 aliphatic carbocycles. The molecule has 0 spiro atoms. The fourth-order valence-electron chi connectivity index (χ4n) is 4.61. The number of carbonyl (C=O) groups excluding carboxylic acids is 2. The summed E-state index contributed by atoms with van der Waals surface area (Å²) in [6, 6.07) is 15.4. The van der Waals surface area contributed by atoms with Crippen LogP contribution < -0.4 is 9.80 Å². The van der Waals surface area contributed by atoms with Gasteiger partial charge < -0.3 is 14.7 Å². The molecule has 0 bridgehead atoms. The number of benzene rings is 1. The van der Waals surface area contributed by atoms with Gasteiger partial charge in [0.05, 0.1) is 11.6 Å². The highest BCUT2D eigenvalue weighted by molar-refractivity contribution is 6.00. The van der Waals surface area contributed by atoms with Gasteiger partial charge in [0, 0.05) is 50.5 Å². The van der Waals surface area contributed by atoms with Crippen LogP contribution in [0, 0.1) is 19.8 Å². The van der Waals surface area contributed by atoms with Gasteiger partial charge >= 0.3 is 0 Å². The van der Waals surface area contributed by atoms with Crippen molar-refractivity contribution < 1.29 is 9.59 Å². The summed E-state index contributed by atoms with van der Waals surface area (Å²) in [5.74, 6) is 1.26. The van der Waals surface area contributed by atoms with E-state index in [-0.39, 0.29) is 24.2 Å². The topological polar surface area (TPSA) is 87.5 Å². The Morgan fingerprint density at radius 3 is 2.27 bits per heavy atom. The number of carbonyl (C=O) groups is 2. The Labute approximate surface area is 192 Å². The van der Waals surface area contributed by atoms with Gasteiger partial charge in [-0.2, -0.15) is 5.10 Å². The van der Waals surface area contributed by atoms with Crippen LogP contribution >= 0.6 is 0 Å². The highest BCUT2D eigenvalue weighted by atomic mass is 16.2. The molecule has 1 atom stereocenters. The molecular formula is C24H27N7O2. The Morgan fingerprint density at radius 2 is 1.64 bits per heavy atom. The standard InChI is InChI=1S/C24H27N7O2/c1-17-14-18(2)31(27-17)22-9-8-21(25-26-22)28-10-12-29(13-11-28)24(33)19-15-23(32)30(16-19)20-6-4-3-5-7-20/h3-9,14,19H,10-13,15-16H2,1-2H3. The van der Waals surface area contributed by atoms with Gasteiger partial charge in [-0.15, -0.1) is 10.2 Å². The number of hydrogen-bond acceptors (Lipinski definition) is 6. The number of nitrogens with zero attached hydrogens (tertiary/aromatic N) is 7. The number of aromatic nitrogens is 4. The Hall–Kier alpha value is -3.75. The van der Waals surface area contributed by atoms with Crippen LogP contribution in [-0.4, -0.2) is 69.4 Å². The number of hydrogen-bond donors (Lipinski definition) is 0. The summed E-state index contributed by atoms with van der Waals surface area (Å²) in [5, 5.41) is 13.2. The molecule has 2 aliphatic rings. The lowest BCUT2D eigenvalue weighted by Crippen LogP contribution is -2.51. The zero-order valence-corrected chi connectivity index (χ0v) is 18.9. The molecule has 2 aromatic heterocycles. The van der Waals surface area contributed by atoms with E-state index in [0.29, 0.717) is 38.5 Å². The van der Waals surface area contributed by atoms with Crippen LogP contribution in [0.3, 0.4) is 0 Å². The van der Waals surface area contributed by atoms with Gasteiger partial charge in [-0.1, -0.05) is 18.2 Å². The molecule has 3 aromatic rings. The predicted molar refractivity (Wildman–Crippen MR) is 124 cm³/mol. The second-order valence-corrected chi connectivity index (χ2v) is 8.64. The van der Waals surface area contributed by atoms with Crippen molar-refractivity contribution in [2.24, 2.45) is 5.92 Å². The molecule has 0 saturated carbocycles. The fraction of sp³-hybridized carbons (Fsp3) is 0.375. The third-order valence-corrected chi connectivity index (χ3v) is 6.32. The zero-order valence-electron chi connectivity index (χ0n) is 18.9. The smallest absolute Gasteiger partial charge is 0.228 e. The number of para-hydroxylation sites is 1. The number of anilines is 2. The number of piperazine rings is 1. The molecule has 33 heavy (non-hydrogen) atoms. The van der Waals surface area contributed by atoms with Crippen molar-refractivity contribution in [2.75, 3.05) is 42.5 Å². The lowest BCUT2D eigenvalue weighted by Gasteiger charge is -2.36. The molecule has 9 heteroatoms. The van der Waals surface area contributed by atoms with Crippen molar-refractivity contribution >= 4 is 23.3 Å². The van der Waals surface area contributed by atoms with Gasteiger partial charge in [0.1, 0.15) is 0 Å². The molecule has 0 radical (unpaired) electrons. The van der Waals surface area contributed by atoms with E-state index in [2.05, 4.69) is 20.2 Å². The summed E-state index contributed by atoms with van der Waals surface area (Å²) in [5.41, 5.74) is 2.80. The van der Waals surface area contributed by atoms with Crippen LogP contribution in [0.2, 0.25) is 0 Å². The van der Waals surface area contributed by atoms with Gasteiger partial charge in [0.2, 0.25) is 11.8 Å². The highest BCUT2D eigenvalue weighted by Crippen LogP contribution is 2.26. The molecule has 2 fully saturated rings. The van der Waals surface area contributed by atoms with Crippen molar-refractivity contribution in [3.05, 3.63) is 59.9 Å². The van der Waals surface area contributed by atoms with Crippen molar-refractivity contribution in [1.29, 1.82) is 0 Å². The molecule has 5 rings (SSSR count). The van der Waals surface area contributed by atoms with E-state index >= 15 is 0 Å². The van der Waals surface area contributed by atoms with Crippen molar-refractivity contribution in [1.82, 2.24) is 24.9 Å². The molecular weight excluding hydrogens is 418 g/mol. The second kappa shape index (κ2) is 8.65. The van der Waals surface area contributed by atoms with E-state index in [1.807, 2.05) is 67.3 Å². The Morgan fingerprint density at radius 1 is 0.939 bits per heavy atom. The van der Waals surface area contributed by atoms with Crippen molar-refractivity contribution in [3.8, 4) is 5.82 Å². The van der Waals surface area contributed by atoms with E-state index in [1.165, 1.54) is 0 Å². The third-order valence-electron chi connectivity index (χ3n) is 6.32. The predicted octanol–water partition coefficient (Wildman–Crippen LogP) is 1.98. The van der Waals surface area contributed by atoms with Crippen LogP contribution in [-0.2, 0) is 9.59 Å². The lowest BCUT2D eigenvalue weighted by molar-refractivity contribution is -0.136. The fourth-order valence-corrected chi connectivity index (χ4v) is 4.61. The van der Waals surface area contributed by atoms with Crippen LogP contribution in [0.4, 0.5) is 11.5 Å². The minimum Gasteiger partial charge on any atom is -0.352 e. The Kier molecular flexibility index (Phi) is 5.53.